The lowest BCUT2D eigenvalue weighted by Gasteiger charge is -2.05. The second-order valence-electron chi connectivity index (χ2n) is 3.47. The molecule has 0 aromatic heterocycles. The van der Waals surface area contributed by atoms with Crippen LogP contribution in [0.2, 0.25) is 0 Å². The summed E-state index contributed by atoms with van der Waals surface area (Å²) >= 11 is 0. The molecular weight excluding hydrogens is 229 g/mol. The van der Waals surface area contributed by atoms with Gasteiger partial charge in [-0.1, -0.05) is 18.2 Å². The van der Waals surface area contributed by atoms with Crippen LogP contribution in [0.3, 0.4) is 0 Å². The van der Waals surface area contributed by atoms with Crippen molar-refractivity contribution >= 4 is 6.29 Å². The minimum Gasteiger partial charge on any atom is -0.298 e. The molecule has 0 bridgehead atoms. The molecule has 0 heterocycles. The van der Waals surface area contributed by atoms with Crippen molar-refractivity contribution in [3.63, 3.8) is 0 Å². The molecule has 0 saturated carbocycles. The van der Waals surface area contributed by atoms with Gasteiger partial charge in [0.15, 0.2) is 17.5 Å². The van der Waals surface area contributed by atoms with Gasteiger partial charge < -0.3 is 0 Å². The van der Waals surface area contributed by atoms with Gasteiger partial charge >= 0.3 is 0 Å². The Labute approximate surface area is 95.5 Å². The Bertz CT molecular complexity index is 579. The zero-order chi connectivity index (χ0) is 12.4. The molecule has 2 aromatic carbocycles. The standard InChI is InChI=1S/C13H7F3O/c14-11-5-4-10(12(15)13(11)16)9-3-1-2-8(6-9)7-17/h1-7H. The number of aldehydes is 1. The number of halogens is 3. The highest BCUT2D eigenvalue weighted by atomic mass is 19.2. The number of benzene rings is 2. The van der Waals surface area contributed by atoms with Crippen LogP contribution in [0.1, 0.15) is 10.4 Å². The van der Waals surface area contributed by atoms with Gasteiger partial charge in [0.05, 0.1) is 0 Å². The van der Waals surface area contributed by atoms with Gasteiger partial charge in [0.1, 0.15) is 6.29 Å². The molecule has 0 aliphatic rings. The van der Waals surface area contributed by atoms with Crippen LogP contribution in [0.15, 0.2) is 36.4 Å². The molecule has 2 aromatic rings. The summed E-state index contributed by atoms with van der Waals surface area (Å²) in [6.07, 6.45) is 0.598. The van der Waals surface area contributed by atoms with Gasteiger partial charge in [0.2, 0.25) is 0 Å². The SMILES string of the molecule is O=Cc1cccc(-c2ccc(F)c(F)c2F)c1. The van der Waals surface area contributed by atoms with Crippen LogP contribution in [-0.4, -0.2) is 6.29 Å². The van der Waals surface area contributed by atoms with Crippen LogP contribution < -0.4 is 0 Å². The monoisotopic (exact) mass is 236 g/mol. The Morgan fingerprint density at radius 3 is 2.41 bits per heavy atom. The fourth-order valence-electron chi connectivity index (χ4n) is 1.53. The Morgan fingerprint density at radius 1 is 0.941 bits per heavy atom. The molecule has 0 spiro atoms. The van der Waals surface area contributed by atoms with E-state index in [4.69, 9.17) is 0 Å². The van der Waals surface area contributed by atoms with E-state index in [9.17, 15) is 18.0 Å². The first-order chi connectivity index (χ1) is 8.13. The van der Waals surface area contributed by atoms with E-state index in [2.05, 4.69) is 0 Å². The molecule has 86 valence electrons. The summed E-state index contributed by atoms with van der Waals surface area (Å²) < 4.78 is 39.3. The first-order valence-electron chi connectivity index (χ1n) is 4.82. The molecule has 0 N–H and O–H groups in total. The van der Waals surface area contributed by atoms with Crippen molar-refractivity contribution in [1.29, 1.82) is 0 Å². The van der Waals surface area contributed by atoms with Crippen molar-refractivity contribution in [2.45, 2.75) is 0 Å². The van der Waals surface area contributed by atoms with Crippen LogP contribution in [0.4, 0.5) is 13.2 Å². The molecule has 1 nitrogen and oxygen atoms in total. The molecule has 0 fully saturated rings. The van der Waals surface area contributed by atoms with Crippen LogP contribution >= 0.6 is 0 Å². The highest BCUT2D eigenvalue weighted by molar-refractivity contribution is 5.78. The van der Waals surface area contributed by atoms with Gasteiger partial charge in [-0.25, -0.2) is 13.2 Å². The fraction of sp³-hybridized carbons (Fsp3) is 0. The largest absolute Gasteiger partial charge is 0.298 e. The average molecular weight is 236 g/mol. The highest BCUT2D eigenvalue weighted by Crippen LogP contribution is 2.26. The van der Waals surface area contributed by atoms with Crippen molar-refractivity contribution < 1.29 is 18.0 Å². The number of carbonyl (C=O) groups is 1. The molecule has 17 heavy (non-hydrogen) atoms. The lowest BCUT2D eigenvalue weighted by molar-refractivity contribution is 0.112. The van der Waals surface area contributed by atoms with E-state index in [1.165, 1.54) is 18.2 Å². The molecule has 0 aliphatic carbocycles. The maximum Gasteiger partial charge on any atom is 0.195 e. The number of hydrogen-bond acceptors (Lipinski definition) is 1. The third-order valence-corrected chi connectivity index (χ3v) is 2.37. The summed E-state index contributed by atoms with van der Waals surface area (Å²) in [5.41, 5.74) is 0.588. The second-order valence-corrected chi connectivity index (χ2v) is 3.47. The van der Waals surface area contributed by atoms with Gasteiger partial charge in [-0.3, -0.25) is 4.79 Å². The van der Waals surface area contributed by atoms with Gasteiger partial charge in [-0.15, -0.1) is 0 Å². The maximum atomic E-state index is 13.5. The molecule has 4 heteroatoms. The minimum absolute atomic E-state index is 0.0763. The molecule has 0 aliphatic heterocycles. The van der Waals surface area contributed by atoms with E-state index >= 15 is 0 Å². The smallest absolute Gasteiger partial charge is 0.195 e. The van der Waals surface area contributed by atoms with Gasteiger partial charge in [-0.05, 0) is 23.8 Å². The summed E-state index contributed by atoms with van der Waals surface area (Å²) in [6, 6.07) is 7.98. The molecule has 0 atom stereocenters. The first-order valence-corrected chi connectivity index (χ1v) is 4.82. The Kier molecular flexibility index (Phi) is 2.95. The topological polar surface area (TPSA) is 17.1 Å². The third-order valence-electron chi connectivity index (χ3n) is 2.37. The van der Waals surface area contributed by atoms with Crippen LogP contribution in [-0.2, 0) is 0 Å². The molecular formula is C13H7F3O. The zero-order valence-electron chi connectivity index (χ0n) is 8.58. The number of rotatable bonds is 2. The van der Waals surface area contributed by atoms with Crippen LogP contribution in [0, 0.1) is 17.5 Å². The summed E-state index contributed by atoms with van der Waals surface area (Å²) in [7, 11) is 0. The fourth-order valence-corrected chi connectivity index (χ4v) is 1.53. The van der Waals surface area contributed by atoms with E-state index in [0.29, 0.717) is 17.4 Å². The molecule has 0 unspecified atom stereocenters. The van der Waals surface area contributed by atoms with E-state index in [1.807, 2.05) is 0 Å². The predicted octanol–water partition coefficient (Wildman–Crippen LogP) is 3.58. The van der Waals surface area contributed by atoms with Gasteiger partial charge in [0, 0.05) is 11.1 Å². The van der Waals surface area contributed by atoms with E-state index < -0.39 is 17.5 Å². The summed E-state index contributed by atoms with van der Waals surface area (Å²) in [5.74, 6) is -4.01. The number of hydrogen-bond donors (Lipinski definition) is 0. The average Bonchev–Trinajstić information content (AvgIpc) is 2.36. The highest BCUT2D eigenvalue weighted by Gasteiger charge is 2.14. The molecule has 0 amide bonds. The third kappa shape index (κ3) is 2.06. The van der Waals surface area contributed by atoms with Crippen molar-refractivity contribution in [3.05, 3.63) is 59.4 Å². The van der Waals surface area contributed by atoms with Crippen molar-refractivity contribution in [2.75, 3.05) is 0 Å². The quantitative estimate of drug-likeness (QED) is 0.575. The molecule has 2 rings (SSSR count). The van der Waals surface area contributed by atoms with Crippen LogP contribution in [0.25, 0.3) is 11.1 Å². The first kappa shape index (κ1) is 11.4. The van der Waals surface area contributed by atoms with E-state index in [1.54, 1.807) is 6.07 Å². The normalized spacial score (nSPS) is 10.3. The van der Waals surface area contributed by atoms with Crippen molar-refractivity contribution in [3.8, 4) is 11.1 Å². The van der Waals surface area contributed by atoms with Crippen molar-refractivity contribution in [2.24, 2.45) is 0 Å². The lowest BCUT2D eigenvalue weighted by Crippen LogP contribution is -1.94. The summed E-state index contributed by atoms with van der Waals surface area (Å²) in [5, 5.41) is 0. The molecule has 0 saturated heterocycles. The van der Waals surface area contributed by atoms with E-state index in [-0.39, 0.29) is 5.56 Å². The summed E-state index contributed by atoms with van der Waals surface area (Å²) in [4.78, 5) is 10.6. The Balaban J connectivity index is 2.60. The second kappa shape index (κ2) is 4.41. The predicted molar refractivity (Wildman–Crippen MR) is 57.1 cm³/mol. The summed E-state index contributed by atoms with van der Waals surface area (Å²) in [6.45, 7) is 0. The molecule has 0 radical (unpaired) electrons. The Morgan fingerprint density at radius 2 is 1.71 bits per heavy atom. The minimum atomic E-state index is -1.51. The van der Waals surface area contributed by atoms with E-state index in [0.717, 1.165) is 12.1 Å². The van der Waals surface area contributed by atoms with Gasteiger partial charge in [-0.2, -0.15) is 0 Å². The van der Waals surface area contributed by atoms with Gasteiger partial charge in [0.25, 0.3) is 0 Å². The van der Waals surface area contributed by atoms with Crippen LogP contribution in [0.5, 0.6) is 0 Å². The number of carbonyl (C=O) groups excluding carboxylic acids is 1. The zero-order valence-corrected chi connectivity index (χ0v) is 8.58. The Hall–Kier alpha value is -2.10. The lowest BCUT2D eigenvalue weighted by atomic mass is 10.0. The maximum absolute atomic E-state index is 13.5. The van der Waals surface area contributed by atoms with Crippen molar-refractivity contribution in [1.82, 2.24) is 0 Å².